The van der Waals surface area contributed by atoms with Gasteiger partial charge in [0.25, 0.3) is 0 Å². The standard InChI is InChI=1S/C15H13ClO2S/c16-13-4-6-14(7-5-13)18-11-15-12(8-10-19-15)3-1-2-9-17/h4-8,10,17H,2,9,11H2. The molecule has 98 valence electrons. The van der Waals surface area contributed by atoms with E-state index in [9.17, 15) is 0 Å². The van der Waals surface area contributed by atoms with E-state index in [1.165, 1.54) is 0 Å². The summed E-state index contributed by atoms with van der Waals surface area (Å²) in [5.41, 5.74) is 0.965. The highest BCUT2D eigenvalue weighted by Crippen LogP contribution is 2.20. The van der Waals surface area contributed by atoms with Crippen molar-refractivity contribution in [2.45, 2.75) is 13.0 Å². The van der Waals surface area contributed by atoms with Gasteiger partial charge in [-0.15, -0.1) is 11.3 Å². The van der Waals surface area contributed by atoms with Crippen LogP contribution >= 0.6 is 22.9 Å². The van der Waals surface area contributed by atoms with Crippen LogP contribution in [-0.2, 0) is 6.61 Å². The predicted octanol–water partition coefficient (Wildman–Crippen LogP) is 3.71. The largest absolute Gasteiger partial charge is 0.488 e. The maximum atomic E-state index is 8.70. The highest BCUT2D eigenvalue weighted by atomic mass is 35.5. The zero-order valence-electron chi connectivity index (χ0n) is 10.2. The molecule has 19 heavy (non-hydrogen) atoms. The summed E-state index contributed by atoms with van der Waals surface area (Å²) in [6.45, 7) is 0.580. The molecule has 0 unspecified atom stereocenters. The molecule has 0 fully saturated rings. The Labute approximate surface area is 121 Å². The number of rotatable bonds is 4. The van der Waals surface area contributed by atoms with Crippen LogP contribution in [0, 0.1) is 11.8 Å². The Morgan fingerprint density at radius 3 is 2.74 bits per heavy atom. The van der Waals surface area contributed by atoms with Crippen LogP contribution in [0.4, 0.5) is 0 Å². The molecule has 0 spiro atoms. The number of hydrogen-bond donors (Lipinski definition) is 1. The van der Waals surface area contributed by atoms with Crippen molar-refractivity contribution in [2.24, 2.45) is 0 Å². The third-order valence-corrected chi connectivity index (χ3v) is 3.54. The number of thiophene rings is 1. The molecule has 0 atom stereocenters. The number of aliphatic hydroxyl groups is 1. The molecule has 1 heterocycles. The van der Waals surface area contributed by atoms with E-state index in [2.05, 4.69) is 11.8 Å². The van der Waals surface area contributed by atoms with Gasteiger partial charge in [-0.3, -0.25) is 0 Å². The topological polar surface area (TPSA) is 29.5 Å². The Hall–Kier alpha value is -1.47. The van der Waals surface area contributed by atoms with Gasteiger partial charge in [0.15, 0.2) is 0 Å². The van der Waals surface area contributed by atoms with E-state index in [0.29, 0.717) is 18.1 Å². The first-order valence-electron chi connectivity index (χ1n) is 5.84. The Morgan fingerprint density at radius 2 is 2.00 bits per heavy atom. The summed E-state index contributed by atoms with van der Waals surface area (Å²) in [6, 6.07) is 9.25. The highest BCUT2D eigenvalue weighted by molar-refractivity contribution is 7.10. The summed E-state index contributed by atoms with van der Waals surface area (Å²) >= 11 is 7.43. The third kappa shape index (κ3) is 4.29. The highest BCUT2D eigenvalue weighted by Gasteiger charge is 2.03. The van der Waals surface area contributed by atoms with E-state index in [0.717, 1.165) is 16.2 Å². The average Bonchev–Trinajstić information content (AvgIpc) is 2.86. The number of hydrogen-bond acceptors (Lipinski definition) is 3. The van der Waals surface area contributed by atoms with Crippen molar-refractivity contribution < 1.29 is 9.84 Å². The van der Waals surface area contributed by atoms with Crippen molar-refractivity contribution in [1.82, 2.24) is 0 Å². The van der Waals surface area contributed by atoms with Gasteiger partial charge in [0.05, 0.1) is 11.5 Å². The fourth-order valence-electron chi connectivity index (χ4n) is 1.46. The molecule has 2 aromatic rings. The van der Waals surface area contributed by atoms with E-state index in [4.69, 9.17) is 21.4 Å². The SMILES string of the molecule is OCCC#Cc1ccsc1COc1ccc(Cl)cc1. The summed E-state index contributed by atoms with van der Waals surface area (Å²) in [5, 5.41) is 11.4. The van der Waals surface area contributed by atoms with E-state index in [1.54, 1.807) is 23.5 Å². The van der Waals surface area contributed by atoms with Gasteiger partial charge in [-0.1, -0.05) is 23.4 Å². The zero-order valence-corrected chi connectivity index (χ0v) is 11.8. The summed E-state index contributed by atoms with van der Waals surface area (Å²) in [6.07, 6.45) is 0.493. The summed E-state index contributed by atoms with van der Waals surface area (Å²) in [4.78, 5) is 1.08. The molecule has 0 saturated heterocycles. The molecule has 0 aliphatic heterocycles. The molecule has 1 aromatic heterocycles. The minimum Gasteiger partial charge on any atom is -0.488 e. The van der Waals surface area contributed by atoms with Crippen LogP contribution in [0.25, 0.3) is 0 Å². The van der Waals surface area contributed by atoms with Crippen LogP contribution in [0.2, 0.25) is 5.02 Å². The van der Waals surface area contributed by atoms with Gasteiger partial charge in [0.1, 0.15) is 12.4 Å². The van der Waals surface area contributed by atoms with Gasteiger partial charge in [0, 0.05) is 17.0 Å². The Kier molecular flexibility index (Phi) is 5.29. The number of ether oxygens (including phenoxy) is 1. The number of halogens is 1. The van der Waals surface area contributed by atoms with Crippen molar-refractivity contribution >= 4 is 22.9 Å². The fraction of sp³-hybridized carbons (Fsp3) is 0.200. The lowest BCUT2D eigenvalue weighted by atomic mass is 10.2. The van der Waals surface area contributed by atoms with Gasteiger partial charge in [-0.25, -0.2) is 0 Å². The normalized spacial score (nSPS) is 9.79. The van der Waals surface area contributed by atoms with Crippen LogP contribution in [0.15, 0.2) is 35.7 Å². The Balaban J connectivity index is 1.98. The second-order valence-corrected chi connectivity index (χ2v) is 5.21. The third-order valence-electron chi connectivity index (χ3n) is 2.39. The van der Waals surface area contributed by atoms with Crippen molar-refractivity contribution in [2.75, 3.05) is 6.61 Å². The first-order valence-corrected chi connectivity index (χ1v) is 7.10. The fourth-order valence-corrected chi connectivity index (χ4v) is 2.32. The quantitative estimate of drug-likeness (QED) is 0.871. The van der Waals surface area contributed by atoms with E-state index < -0.39 is 0 Å². The van der Waals surface area contributed by atoms with Gasteiger partial charge >= 0.3 is 0 Å². The molecule has 2 rings (SSSR count). The lowest BCUT2D eigenvalue weighted by molar-refractivity contribution is 0.305. The first-order chi connectivity index (χ1) is 9.29. The lowest BCUT2D eigenvalue weighted by Crippen LogP contribution is -1.94. The van der Waals surface area contributed by atoms with E-state index >= 15 is 0 Å². The number of benzene rings is 1. The molecule has 0 aliphatic carbocycles. The molecule has 4 heteroatoms. The van der Waals surface area contributed by atoms with Crippen molar-refractivity contribution in [3.05, 3.63) is 51.2 Å². The van der Waals surface area contributed by atoms with Gasteiger partial charge < -0.3 is 9.84 Å². The maximum absolute atomic E-state index is 8.70. The molecular weight excluding hydrogens is 280 g/mol. The molecule has 1 N–H and O–H groups in total. The second kappa shape index (κ2) is 7.20. The van der Waals surface area contributed by atoms with Crippen LogP contribution in [-0.4, -0.2) is 11.7 Å². The van der Waals surface area contributed by atoms with Crippen LogP contribution < -0.4 is 4.74 Å². The van der Waals surface area contributed by atoms with E-state index in [1.807, 2.05) is 23.6 Å². The number of aliphatic hydroxyl groups excluding tert-OH is 1. The van der Waals surface area contributed by atoms with Crippen LogP contribution in [0.5, 0.6) is 5.75 Å². The molecule has 1 aromatic carbocycles. The molecule has 0 amide bonds. The smallest absolute Gasteiger partial charge is 0.124 e. The van der Waals surface area contributed by atoms with E-state index in [-0.39, 0.29) is 6.61 Å². The zero-order chi connectivity index (χ0) is 13.5. The molecule has 0 radical (unpaired) electrons. The van der Waals surface area contributed by atoms with Gasteiger partial charge in [0.2, 0.25) is 0 Å². The minimum absolute atomic E-state index is 0.0910. The first kappa shape index (κ1) is 14.0. The Bertz CT molecular complexity index is 578. The summed E-state index contributed by atoms with van der Waals surface area (Å²) < 4.78 is 5.69. The molecule has 0 saturated carbocycles. The maximum Gasteiger partial charge on any atom is 0.124 e. The molecule has 0 aliphatic rings. The van der Waals surface area contributed by atoms with Crippen molar-refractivity contribution in [3.8, 4) is 17.6 Å². The molecule has 0 bridgehead atoms. The average molecular weight is 293 g/mol. The lowest BCUT2D eigenvalue weighted by Gasteiger charge is -2.05. The monoisotopic (exact) mass is 292 g/mol. The Morgan fingerprint density at radius 1 is 1.21 bits per heavy atom. The van der Waals surface area contributed by atoms with Gasteiger partial charge in [-0.2, -0.15) is 0 Å². The molecule has 2 nitrogen and oxygen atoms in total. The van der Waals surface area contributed by atoms with Crippen molar-refractivity contribution in [3.63, 3.8) is 0 Å². The summed E-state index contributed by atoms with van der Waals surface area (Å²) in [7, 11) is 0. The van der Waals surface area contributed by atoms with Gasteiger partial charge in [-0.05, 0) is 35.7 Å². The van der Waals surface area contributed by atoms with Crippen LogP contribution in [0.3, 0.4) is 0 Å². The van der Waals surface area contributed by atoms with Crippen LogP contribution in [0.1, 0.15) is 16.9 Å². The minimum atomic E-state index is 0.0910. The summed E-state index contributed by atoms with van der Waals surface area (Å²) in [5.74, 6) is 6.74. The second-order valence-electron chi connectivity index (χ2n) is 3.78. The van der Waals surface area contributed by atoms with Crippen molar-refractivity contribution in [1.29, 1.82) is 0 Å². The molecular formula is C15H13ClO2S. The predicted molar refractivity (Wildman–Crippen MR) is 78.7 cm³/mol.